The fourth-order valence-electron chi connectivity index (χ4n) is 2.90. The summed E-state index contributed by atoms with van der Waals surface area (Å²) >= 11 is 1.60. The number of carbonyl (C=O) groups excluding carboxylic acids is 1. The van der Waals surface area contributed by atoms with E-state index in [1.165, 1.54) is 19.3 Å². The van der Waals surface area contributed by atoms with Crippen molar-refractivity contribution in [1.29, 1.82) is 0 Å². The van der Waals surface area contributed by atoms with Crippen molar-refractivity contribution >= 4 is 17.2 Å². The minimum absolute atomic E-state index is 0.0778. The molecule has 3 rings (SSSR count). The predicted molar refractivity (Wildman–Crippen MR) is 85.5 cm³/mol. The van der Waals surface area contributed by atoms with Crippen LogP contribution in [0.1, 0.15) is 44.9 Å². The highest BCUT2D eigenvalue weighted by Gasteiger charge is 2.22. The Bertz CT molecular complexity index is 609. The van der Waals surface area contributed by atoms with Gasteiger partial charge in [0.1, 0.15) is 0 Å². The van der Waals surface area contributed by atoms with Gasteiger partial charge in [-0.1, -0.05) is 24.9 Å². The van der Waals surface area contributed by atoms with E-state index >= 15 is 0 Å². The Kier molecular flexibility index (Phi) is 4.87. The molecular formula is C16H21N3O2S. The molecule has 0 unspecified atom stereocenters. The number of hydrogen-bond donors (Lipinski definition) is 1. The number of aromatic nitrogens is 2. The molecule has 2 aromatic heterocycles. The molecule has 0 radical (unpaired) electrons. The van der Waals surface area contributed by atoms with Crippen LogP contribution in [-0.2, 0) is 11.2 Å². The van der Waals surface area contributed by atoms with Crippen molar-refractivity contribution in [2.45, 2.75) is 51.5 Å². The number of hydrogen-bond acceptors (Lipinski definition) is 5. The van der Waals surface area contributed by atoms with Crippen molar-refractivity contribution in [3.05, 3.63) is 22.7 Å². The number of carbonyl (C=O) groups is 1. The third-order valence-corrected chi connectivity index (χ3v) is 4.95. The molecule has 1 N–H and O–H groups in total. The van der Waals surface area contributed by atoms with E-state index < -0.39 is 0 Å². The Morgan fingerprint density at radius 1 is 1.45 bits per heavy atom. The maximum Gasteiger partial charge on any atom is 0.227 e. The lowest BCUT2D eigenvalue weighted by atomic mass is 9.86. The van der Waals surface area contributed by atoms with E-state index in [1.807, 2.05) is 16.8 Å². The second kappa shape index (κ2) is 7.05. The van der Waals surface area contributed by atoms with Crippen LogP contribution < -0.4 is 5.32 Å². The zero-order valence-corrected chi connectivity index (χ0v) is 13.6. The van der Waals surface area contributed by atoms with Gasteiger partial charge in [-0.25, -0.2) is 0 Å². The Morgan fingerprint density at radius 2 is 2.32 bits per heavy atom. The third-order valence-electron chi connectivity index (χ3n) is 4.27. The molecule has 1 aliphatic rings. The Balaban J connectivity index is 1.49. The molecule has 0 spiro atoms. The first-order valence-electron chi connectivity index (χ1n) is 7.87. The van der Waals surface area contributed by atoms with Gasteiger partial charge in [0.15, 0.2) is 0 Å². The van der Waals surface area contributed by atoms with Crippen molar-refractivity contribution in [1.82, 2.24) is 15.5 Å². The molecule has 0 bridgehead atoms. The lowest BCUT2D eigenvalue weighted by Crippen LogP contribution is -2.41. The van der Waals surface area contributed by atoms with E-state index in [9.17, 15) is 4.79 Å². The van der Waals surface area contributed by atoms with Crippen LogP contribution in [0.25, 0.3) is 11.4 Å². The van der Waals surface area contributed by atoms with Crippen LogP contribution in [0, 0.1) is 5.92 Å². The number of nitrogens with one attached hydrogen (secondary N) is 1. The van der Waals surface area contributed by atoms with E-state index in [1.54, 1.807) is 11.3 Å². The third kappa shape index (κ3) is 3.74. The van der Waals surface area contributed by atoms with Gasteiger partial charge in [-0.3, -0.25) is 4.79 Å². The molecule has 0 aromatic carbocycles. The molecule has 1 fully saturated rings. The molecular weight excluding hydrogens is 298 g/mol. The van der Waals surface area contributed by atoms with Crippen molar-refractivity contribution in [2.24, 2.45) is 5.92 Å². The molecule has 0 saturated heterocycles. The summed E-state index contributed by atoms with van der Waals surface area (Å²) < 4.78 is 5.21. The number of amides is 1. The first-order valence-corrected chi connectivity index (χ1v) is 8.81. The van der Waals surface area contributed by atoms with Gasteiger partial charge < -0.3 is 9.84 Å². The average molecular weight is 319 g/mol. The van der Waals surface area contributed by atoms with Gasteiger partial charge in [0.05, 0.1) is 0 Å². The van der Waals surface area contributed by atoms with Crippen molar-refractivity contribution in [3.8, 4) is 11.4 Å². The summed E-state index contributed by atoms with van der Waals surface area (Å²) in [6.07, 6.45) is 5.68. The van der Waals surface area contributed by atoms with E-state index in [-0.39, 0.29) is 5.91 Å². The maximum absolute atomic E-state index is 12.1. The summed E-state index contributed by atoms with van der Waals surface area (Å²) in [4.78, 5) is 16.4. The lowest BCUT2D eigenvalue weighted by molar-refractivity contribution is -0.122. The lowest BCUT2D eigenvalue weighted by Gasteiger charge is -2.29. The molecule has 6 heteroatoms. The van der Waals surface area contributed by atoms with Crippen LogP contribution >= 0.6 is 11.3 Å². The number of aryl methyl sites for hydroxylation is 1. The maximum atomic E-state index is 12.1. The fourth-order valence-corrected chi connectivity index (χ4v) is 3.53. The van der Waals surface area contributed by atoms with Gasteiger partial charge in [0.25, 0.3) is 0 Å². The van der Waals surface area contributed by atoms with Crippen LogP contribution in [0.5, 0.6) is 0 Å². The summed E-state index contributed by atoms with van der Waals surface area (Å²) in [6, 6.07) is 2.28. The van der Waals surface area contributed by atoms with Crippen LogP contribution in [0.3, 0.4) is 0 Å². The van der Waals surface area contributed by atoms with Crippen LogP contribution in [0.15, 0.2) is 21.3 Å². The zero-order chi connectivity index (χ0) is 15.4. The highest BCUT2D eigenvalue weighted by molar-refractivity contribution is 7.08. The van der Waals surface area contributed by atoms with Gasteiger partial charge in [-0.05, 0) is 30.2 Å². The summed E-state index contributed by atoms with van der Waals surface area (Å²) in [5.74, 6) is 1.77. The van der Waals surface area contributed by atoms with E-state index in [4.69, 9.17) is 4.52 Å². The molecule has 2 aromatic rings. The first kappa shape index (κ1) is 15.2. The second-order valence-electron chi connectivity index (χ2n) is 5.96. The SMILES string of the molecule is C[C@H]1CCCC[C@H]1NC(=O)CCc1nc(-c2ccsc2)no1. The quantitative estimate of drug-likeness (QED) is 0.917. The van der Waals surface area contributed by atoms with Gasteiger partial charge in [-0.2, -0.15) is 16.3 Å². The van der Waals surface area contributed by atoms with Crippen LogP contribution in [-0.4, -0.2) is 22.1 Å². The van der Waals surface area contributed by atoms with Gasteiger partial charge in [-0.15, -0.1) is 0 Å². The van der Waals surface area contributed by atoms with E-state index in [2.05, 4.69) is 22.4 Å². The zero-order valence-electron chi connectivity index (χ0n) is 12.7. The molecule has 118 valence electrons. The number of thiophene rings is 1. The molecule has 2 atom stereocenters. The van der Waals surface area contributed by atoms with Crippen molar-refractivity contribution < 1.29 is 9.32 Å². The summed E-state index contributed by atoms with van der Waals surface area (Å²) in [7, 11) is 0. The molecule has 1 saturated carbocycles. The Morgan fingerprint density at radius 3 is 3.09 bits per heavy atom. The van der Waals surface area contributed by atoms with Crippen LogP contribution in [0.4, 0.5) is 0 Å². The summed E-state index contributed by atoms with van der Waals surface area (Å²) in [5.41, 5.74) is 0.959. The molecule has 5 nitrogen and oxygen atoms in total. The monoisotopic (exact) mass is 319 g/mol. The molecule has 2 heterocycles. The predicted octanol–water partition coefficient (Wildman–Crippen LogP) is 3.43. The first-order chi connectivity index (χ1) is 10.7. The normalized spacial score (nSPS) is 21.7. The van der Waals surface area contributed by atoms with E-state index in [0.29, 0.717) is 36.5 Å². The largest absolute Gasteiger partial charge is 0.353 e. The molecule has 1 amide bonds. The molecule has 0 aliphatic heterocycles. The summed E-state index contributed by atoms with van der Waals surface area (Å²) in [6.45, 7) is 2.22. The fraction of sp³-hybridized carbons (Fsp3) is 0.562. The van der Waals surface area contributed by atoms with Crippen molar-refractivity contribution in [3.63, 3.8) is 0 Å². The Hall–Kier alpha value is -1.69. The highest BCUT2D eigenvalue weighted by Crippen LogP contribution is 2.24. The van der Waals surface area contributed by atoms with Gasteiger partial charge >= 0.3 is 0 Å². The van der Waals surface area contributed by atoms with Gasteiger partial charge in [0.2, 0.25) is 17.6 Å². The van der Waals surface area contributed by atoms with Gasteiger partial charge in [0, 0.05) is 29.8 Å². The van der Waals surface area contributed by atoms with Crippen LogP contribution in [0.2, 0.25) is 0 Å². The molecule has 22 heavy (non-hydrogen) atoms. The smallest absolute Gasteiger partial charge is 0.227 e. The standard InChI is InChI=1S/C16H21N3O2S/c1-11-4-2-3-5-13(11)17-14(20)6-7-15-18-16(19-21-15)12-8-9-22-10-12/h8-11,13H,2-7H2,1H3,(H,17,20)/t11-,13+/m0/s1. The number of rotatable bonds is 5. The van der Waals surface area contributed by atoms with E-state index in [0.717, 1.165) is 12.0 Å². The summed E-state index contributed by atoms with van der Waals surface area (Å²) in [5, 5.41) is 11.1. The van der Waals surface area contributed by atoms with Crippen molar-refractivity contribution in [2.75, 3.05) is 0 Å². The molecule has 1 aliphatic carbocycles. The topological polar surface area (TPSA) is 68.0 Å². The minimum atomic E-state index is 0.0778. The average Bonchev–Trinajstić information content (AvgIpc) is 3.18. The second-order valence-corrected chi connectivity index (χ2v) is 6.74. The number of nitrogens with zero attached hydrogens (tertiary/aromatic N) is 2. The Labute approximate surface area is 134 Å². The highest BCUT2D eigenvalue weighted by atomic mass is 32.1. The minimum Gasteiger partial charge on any atom is -0.353 e.